The molecule has 0 fully saturated rings. The first-order valence-corrected chi connectivity index (χ1v) is 7.00. The Kier molecular flexibility index (Phi) is 2.38. The van der Waals surface area contributed by atoms with Gasteiger partial charge in [0.1, 0.15) is 22.2 Å². The Balaban J connectivity index is 2.30. The third kappa shape index (κ3) is 1.67. The van der Waals surface area contributed by atoms with Gasteiger partial charge in [-0.2, -0.15) is 0 Å². The van der Waals surface area contributed by atoms with Crippen molar-refractivity contribution >= 4 is 9.84 Å². The second-order valence-electron chi connectivity index (χ2n) is 4.02. The van der Waals surface area contributed by atoms with Crippen molar-refractivity contribution in [3.8, 4) is 11.5 Å². The van der Waals surface area contributed by atoms with E-state index in [2.05, 4.69) is 0 Å². The third-order valence-corrected chi connectivity index (χ3v) is 4.49. The second-order valence-corrected chi connectivity index (χ2v) is 5.98. The van der Waals surface area contributed by atoms with E-state index in [9.17, 15) is 12.8 Å². The first kappa shape index (κ1) is 11.2. The molecule has 0 spiro atoms. The molecule has 1 aliphatic rings. The predicted molar refractivity (Wildman–Crippen MR) is 63.8 cm³/mol. The van der Waals surface area contributed by atoms with E-state index in [0.29, 0.717) is 0 Å². The van der Waals surface area contributed by atoms with E-state index in [0.717, 1.165) is 0 Å². The van der Waals surface area contributed by atoms with Gasteiger partial charge in [0.05, 0.1) is 5.75 Å². The number of sulfone groups is 1. The number of hydrogen-bond acceptors (Lipinski definition) is 3. The Labute approximate surface area is 104 Å². The SMILES string of the molecule is O=S1(=O)Cc2c(F)cccc2Oc2ccccc21. The largest absolute Gasteiger partial charge is 0.456 e. The lowest BCUT2D eigenvalue weighted by atomic mass is 10.2. The fourth-order valence-electron chi connectivity index (χ4n) is 1.95. The van der Waals surface area contributed by atoms with Gasteiger partial charge in [0.25, 0.3) is 0 Å². The minimum Gasteiger partial charge on any atom is -0.456 e. The maximum atomic E-state index is 13.7. The molecule has 0 unspecified atom stereocenters. The molecule has 5 heteroatoms. The summed E-state index contributed by atoms with van der Waals surface area (Å²) in [6, 6.07) is 10.6. The van der Waals surface area contributed by atoms with E-state index in [1.54, 1.807) is 24.3 Å². The van der Waals surface area contributed by atoms with Gasteiger partial charge in [0.2, 0.25) is 0 Å². The Hall–Kier alpha value is -1.88. The lowest BCUT2D eigenvalue weighted by Crippen LogP contribution is -2.04. The van der Waals surface area contributed by atoms with Crippen LogP contribution in [0.1, 0.15) is 5.56 Å². The van der Waals surface area contributed by atoms with Gasteiger partial charge in [-0.3, -0.25) is 0 Å². The molecule has 0 atom stereocenters. The number of rotatable bonds is 0. The molecule has 2 aromatic carbocycles. The lowest BCUT2D eigenvalue weighted by Gasteiger charge is -2.07. The monoisotopic (exact) mass is 264 g/mol. The minimum atomic E-state index is -3.58. The molecule has 0 saturated heterocycles. The zero-order valence-corrected chi connectivity index (χ0v) is 10.1. The summed E-state index contributed by atoms with van der Waals surface area (Å²) < 4.78 is 43.5. The molecule has 3 nitrogen and oxygen atoms in total. The standard InChI is InChI=1S/C13H9FO3S/c14-10-4-3-6-11-9(10)8-18(15,16)13-7-2-1-5-12(13)17-11/h1-7H,8H2. The van der Waals surface area contributed by atoms with Crippen LogP contribution in [0.4, 0.5) is 4.39 Å². The first-order chi connectivity index (χ1) is 8.58. The molecule has 2 aromatic rings. The number of para-hydroxylation sites is 1. The van der Waals surface area contributed by atoms with Gasteiger partial charge in [-0.05, 0) is 24.3 Å². The van der Waals surface area contributed by atoms with Crippen LogP contribution in [0.5, 0.6) is 11.5 Å². The molecular formula is C13H9FO3S. The molecule has 0 radical (unpaired) electrons. The number of fused-ring (bicyclic) bond motifs is 2. The van der Waals surface area contributed by atoms with Crippen molar-refractivity contribution in [2.75, 3.05) is 0 Å². The van der Waals surface area contributed by atoms with Crippen LogP contribution in [0, 0.1) is 5.82 Å². The molecule has 92 valence electrons. The highest BCUT2D eigenvalue weighted by Gasteiger charge is 2.28. The zero-order valence-electron chi connectivity index (χ0n) is 9.26. The number of halogens is 1. The number of ether oxygens (including phenoxy) is 1. The Morgan fingerprint density at radius 3 is 2.56 bits per heavy atom. The minimum absolute atomic E-state index is 0.0775. The van der Waals surface area contributed by atoms with Crippen molar-refractivity contribution in [1.82, 2.24) is 0 Å². The smallest absolute Gasteiger partial charge is 0.186 e. The lowest BCUT2D eigenvalue weighted by molar-refractivity contribution is 0.462. The Morgan fingerprint density at radius 2 is 1.72 bits per heavy atom. The van der Waals surface area contributed by atoms with E-state index in [4.69, 9.17) is 4.74 Å². The molecule has 0 saturated carbocycles. The van der Waals surface area contributed by atoms with Crippen molar-refractivity contribution in [3.05, 3.63) is 53.8 Å². The molecule has 3 rings (SSSR count). The summed E-state index contributed by atoms with van der Waals surface area (Å²) >= 11 is 0. The maximum Gasteiger partial charge on any atom is 0.186 e. The van der Waals surface area contributed by atoms with Crippen LogP contribution in [0.15, 0.2) is 47.4 Å². The van der Waals surface area contributed by atoms with Gasteiger partial charge < -0.3 is 4.74 Å². The topological polar surface area (TPSA) is 43.4 Å². The summed E-state index contributed by atoms with van der Waals surface area (Å²) in [5.41, 5.74) is 0.0775. The number of benzene rings is 2. The molecule has 0 aliphatic carbocycles. The highest BCUT2D eigenvalue weighted by atomic mass is 32.2. The van der Waals surface area contributed by atoms with Crippen LogP contribution in [-0.2, 0) is 15.6 Å². The van der Waals surface area contributed by atoms with E-state index in [-0.39, 0.29) is 27.7 Å². The highest BCUT2D eigenvalue weighted by Crippen LogP contribution is 2.38. The molecule has 0 amide bonds. The quantitative estimate of drug-likeness (QED) is 0.734. The zero-order chi connectivity index (χ0) is 12.8. The van der Waals surface area contributed by atoms with Gasteiger partial charge in [-0.1, -0.05) is 18.2 Å². The summed E-state index contributed by atoms with van der Waals surface area (Å²) in [6.45, 7) is 0. The van der Waals surface area contributed by atoms with Gasteiger partial charge in [-0.25, -0.2) is 12.8 Å². The van der Waals surface area contributed by atoms with E-state index in [1.807, 2.05) is 0 Å². The molecule has 0 N–H and O–H groups in total. The first-order valence-electron chi connectivity index (χ1n) is 5.35. The van der Waals surface area contributed by atoms with Crippen molar-refractivity contribution in [3.63, 3.8) is 0 Å². The Morgan fingerprint density at radius 1 is 1.00 bits per heavy atom. The molecule has 0 aromatic heterocycles. The van der Waals surface area contributed by atoms with Gasteiger partial charge in [-0.15, -0.1) is 0 Å². The van der Waals surface area contributed by atoms with Gasteiger partial charge >= 0.3 is 0 Å². The van der Waals surface area contributed by atoms with Crippen LogP contribution >= 0.6 is 0 Å². The van der Waals surface area contributed by atoms with E-state index < -0.39 is 15.7 Å². The molecule has 0 bridgehead atoms. The Bertz CT molecular complexity index is 723. The van der Waals surface area contributed by atoms with Crippen LogP contribution in [0.2, 0.25) is 0 Å². The fourth-order valence-corrected chi connectivity index (χ4v) is 3.47. The normalized spacial score (nSPS) is 16.1. The van der Waals surface area contributed by atoms with Crippen LogP contribution in [0.3, 0.4) is 0 Å². The van der Waals surface area contributed by atoms with E-state index in [1.165, 1.54) is 18.2 Å². The van der Waals surface area contributed by atoms with Crippen LogP contribution < -0.4 is 4.74 Å². The summed E-state index contributed by atoms with van der Waals surface area (Å²) in [4.78, 5) is 0.0978. The second kappa shape index (κ2) is 3.81. The van der Waals surface area contributed by atoms with Gasteiger partial charge in [0.15, 0.2) is 9.84 Å². The van der Waals surface area contributed by atoms with Crippen LogP contribution in [-0.4, -0.2) is 8.42 Å². The highest BCUT2D eigenvalue weighted by molar-refractivity contribution is 7.90. The summed E-state index contributed by atoms with van der Waals surface area (Å²) in [5.74, 6) is -0.458. The summed E-state index contributed by atoms with van der Waals surface area (Å²) in [5, 5.41) is 0. The average Bonchev–Trinajstić information content (AvgIpc) is 2.45. The summed E-state index contributed by atoms with van der Waals surface area (Å²) in [6.07, 6.45) is 0. The van der Waals surface area contributed by atoms with Crippen LogP contribution in [0.25, 0.3) is 0 Å². The van der Waals surface area contributed by atoms with Crippen molar-refractivity contribution in [2.24, 2.45) is 0 Å². The van der Waals surface area contributed by atoms with E-state index >= 15 is 0 Å². The third-order valence-electron chi connectivity index (χ3n) is 2.81. The van der Waals surface area contributed by atoms with Gasteiger partial charge in [0, 0.05) is 5.56 Å². The molecule has 1 heterocycles. The fraction of sp³-hybridized carbons (Fsp3) is 0.0769. The number of hydrogen-bond donors (Lipinski definition) is 0. The predicted octanol–water partition coefficient (Wildman–Crippen LogP) is 2.91. The van der Waals surface area contributed by atoms with Crippen molar-refractivity contribution < 1.29 is 17.5 Å². The molecule has 18 heavy (non-hydrogen) atoms. The summed E-state index contributed by atoms with van der Waals surface area (Å²) in [7, 11) is -3.58. The van der Waals surface area contributed by atoms with Crippen molar-refractivity contribution in [1.29, 1.82) is 0 Å². The van der Waals surface area contributed by atoms with Crippen molar-refractivity contribution in [2.45, 2.75) is 10.6 Å². The molecular weight excluding hydrogens is 255 g/mol. The molecule has 1 aliphatic heterocycles. The average molecular weight is 264 g/mol. The maximum absolute atomic E-state index is 13.7.